The molecule has 0 radical (unpaired) electrons. The molecule has 1 N–H and O–H groups in total. The molecule has 1 saturated heterocycles. The molecule has 0 aliphatic carbocycles. The van der Waals surface area contributed by atoms with Crippen LogP contribution in [0.4, 0.5) is 0 Å². The Kier molecular flexibility index (Phi) is 8.14. The van der Waals surface area contributed by atoms with Crippen LogP contribution in [0, 0.1) is 0 Å². The molecular formula is C35H41N3. The van der Waals surface area contributed by atoms with Gasteiger partial charge in [-0.15, -0.1) is 6.58 Å². The van der Waals surface area contributed by atoms with Crippen molar-refractivity contribution < 1.29 is 0 Å². The maximum absolute atomic E-state index is 4.46. The quantitative estimate of drug-likeness (QED) is 0.288. The zero-order valence-electron chi connectivity index (χ0n) is 22.8. The Morgan fingerprint density at radius 1 is 1.00 bits per heavy atom. The summed E-state index contributed by atoms with van der Waals surface area (Å²) in [6.07, 6.45) is 6.38. The zero-order valence-corrected chi connectivity index (χ0v) is 22.8. The van der Waals surface area contributed by atoms with Crippen molar-refractivity contribution in [3.63, 3.8) is 0 Å². The SMILES string of the molecule is C=CCCC(C(=C)NC)N1Cc2cc(C3CCN(Cc4ccc(-c5ccccc5)cc4)CC3)ccc2C1=C. The lowest BCUT2D eigenvalue weighted by Gasteiger charge is -2.32. The summed E-state index contributed by atoms with van der Waals surface area (Å²) in [5.74, 6) is 0.628. The molecule has 0 saturated carbocycles. The van der Waals surface area contributed by atoms with Crippen molar-refractivity contribution >= 4 is 5.70 Å². The lowest BCUT2D eigenvalue weighted by Crippen LogP contribution is -2.35. The molecular weight excluding hydrogens is 462 g/mol. The maximum atomic E-state index is 4.46. The topological polar surface area (TPSA) is 18.5 Å². The normalized spacial score (nSPS) is 16.8. The van der Waals surface area contributed by atoms with E-state index < -0.39 is 0 Å². The molecule has 3 heteroatoms. The summed E-state index contributed by atoms with van der Waals surface area (Å²) >= 11 is 0. The third-order valence-electron chi connectivity index (χ3n) is 8.40. The summed E-state index contributed by atoms with van der Waals surface area (Å²) in [4.78, 5) is 5.03. The standard InChI is InChI=1S/C35H41N3/c1-5-6-12-35(26(2)36-4)38-25-33-23-32(17-18-34(33)27(38)3)31-19-21-37(22-20-31)24-28-13-15-30(16-14-28)29-10-8-7-9-11-29/h5,7-11,13-18,23,31,35-36H,1-3,6,12,19-22,24-25H2,4H3. The molecule has 5 rings (SSSR count). The Morgan fingerprint density at radius 2 is 1.71 bits per heavy atom. The van der Waals surface area contributed by atoms with Crippen LogP contribution >= 0.6 is 0 Å². The largest absolute Gasteiger partial charge is 0.390 e. The lowest BCUT2D eigenvalue weighted by atomic mass is 9.87. The van der Waals surface area contributed by atoms with Gasteiger partial charge in [0.05, 0.1) is 6.04 Å². The third-order valence-corrected chi connectivity index (χ3v) is 8.40. The molecule has 2 heterocycles. The van der Waals surface area contributed by atoms with E-state index in [1.54, 1.807) is 0 Å². The van der Waals surface area contributed by atoms with Crippen LogP contribution in [0.3, 0.4) is 0 Å². The van der Waals surface area contributed by atoms with Gasteiger partial charge in [0.15, 0.2) is 0 Å². The van der Waals surface area contributed by atoms with Crippen LogP contribution in [0.25, 0.3) is 16.8 Å². The first kappa shape index (κ1) is 26.1. The number of likely N-dealkylation sites (N-methyl/N-ethyl adjacent to an activating group) is 1. The Bertz CT molecular complexity index is 1270. The van der Waals surface area contributed by atoms with Crippen LogP contribution < -0.4 is 5.32 Å². The number of hydrogen-bond acceptors (Lipinski definition) is 3. The summed E-state index contributed by atoms with van der Waals surface area (Å²) in [5, 5.41) is 3.28. The number of rotatable bonds is 10. The van der Waals surface area contributed by atoms with Gasteiger partial charge in [0, 0.05) is 37.1 Å². The first-order valence-electron chi connectivity index (χ1n) is 14.0. The molecule has 196 valence electrons. The van der Waals surface area contributed by atoms with Gasteiger partial charge in [0.25, 0.3) is 0 Å². The molecule has 2 aliphatic heterocycles. The van der Waals surface area contributed by atoms with Gasteiger partial charge in [0.2, 0.25) is 0 Å². The summed E-state index contributed by atoms with van der Waals surface area (Å²) in [6, 6.07) is 27.0. The maximum Gasteiger partial charge on any atom is 0.0688 e. The number of likely N-dealkylation sites (tertiary alicyclic amines) is 1. The van der Waals surface area contributed by atoms with E-state index in [0.717, 1.165) is 50.4 Å². The molecule has 3 nitrogen and oxygen atoms in total. The first-order chi connectivity index (χ1) is 18.6. The zero-order chi connectivity index (χ0) is 26.5. The van der Waals surface area contributed by atoms with E-state index in [4.69, 9.17) is 0 Å². The predicted octanol–water partition coefficient (Wildman–Crippen LogP) is 7.59. The molecule has 0 spiro atoms. The van der Waals surface area contributed by atoms with E-state index in [-0.39, 0.29) is 6.04 Å². The van der Waals surface area contributed by atoms with E-state index >= 15 is 0 Å². The number of nitrogens with one attached hydrogen (secondary N) is 1. The van der Waals surface area contributed by atoms with E-state index in [0.29, 0.717) is 5.92 Å². The molecule has 1 fully saturated rings. The minimum absolute atomic E-state index is 0.228. The second-order valence-corrected chi connectivity index (χ2v) is 10.8. The predicted molar refractivity (Wildman–Crippen MR) is 162 cm³/mol. The molecule has 2 aliphatic rings. The van der Waals surface area contributed by atoms with Gasteiger partial charge in [-0.05, 0) is 72.5 Å². The minimum atomic E-state index is 0.228. The van der Waals surface area contributed by atoms with Crippen LogP contribution in [0.15, 0.2) is 104 Å². The Morgan fingerprint density at radius 3 is 2.39 bits per heavy atom. The van der Waals surface area contributed by atoms with E-state index in [1.807, 2.05) is 13.1 Å². The molecule has 0 bridgehead atoms. The van der Waals surface area contributed by atoms with Crippen molar-refractivity contribution in [2.24, 2.45) is 0 Å². The van der Waals surface area contributed by atoms with Gasteiger partial charge in [0.1, 0.15) is 0 Å². The Hall–Kier alpha value is -3.56. The molecule has 1 unspecified atom stereocenters. The van der Waals surface area contributed by atoms with E-state index in [9.17, 15) is 0 Å². The lowest BCUT2D eigenvalue weighted by molar-refractivity contribution is 0.204. The fourth-order valence-electron chi connectivity index (χ4n) is 6.09. The van der Waals surface area contributed by atoms with Crippen molar-refractivity contribution in [1.29, 1.82) is 0 Å². The van der Waals surface area contributed by atoms with Crippen molar-refractivity contribution in [2.75, 3.05) is 20.1 Å². The second kappa shape index (κ2) is 11.9. The monoisotopic (exact) mass is 503 g/mol. The summed E-state index contributed by atoms with van der Waals surface area (Å²) in [5.41, 5.74) is 10.3. The fraction of sp³-hybridized carbons (Fsp3) is 0.314. The minimum Gasteiger partial charge on any atom is -0.390 e. The average Bonchev–Trinajstić information content (AvgIpc) is 3.29. The molecule has 3 aromatic carbocycles. The molecule has 0 aromatic heterocycles. The van der Waals surface area contributed by atoms with Gasteiger partial charge in [-0.3, -0.25) is 4.90 Å². The highest BCUT2D eigenvalue weighted by atomic mass is 15.2. The Balaban J connectivity index is 1.19. The van der Waals surface area contributed by atoms with Crippen LogP contribution in [0.1, 0.15) is 53.9 Å². The average molecular weight is 504 g/mol. The highest BCUT2D eigenvalue weighted by Crippen LogP contribution is 2.38. The summed E-state index contributed by atoms with van der Waals surface area (Å²) in [6.45, 7) is 16.9. The van der Waals surface area contributed by atoms with Crippen molar-refractivity contribution in [3.8, 4) is 11.1 Å². The van der Waals surface area contributed by atoms with Gasteiger partial charge >= 0.3 is 0 Å². The van der Waals surface area contributed by atoms with Gasteiger partial charge in [-0.1, -0.05) is 92.0 Å². The first-order valence-corrected chi connectivity index (χ1v) is 14.0. The smallest absolute Gasteiger partial charge is 0.0688 e. The van der Waals surface area contributed by atoms with Crippen molar-refractivity contribution in [2.45, 2.75) is 50.7 Å². The second-order valence-electron chi connectivity index (χ2n) is 10.8. The number of fused-ring (bicyclic) bond motifs is 1. The van der Waals surface area contributed by atoms with Crippen LogP contribution in [-0.4, -0.2) is 36.0 Å². The molecule has 1 atom stereocenters. The summed E-state index contributed by atoms with van der Waals surface area (Å²) < 4.78 is 0. The number of piperidine rings is 1. The van der Waals surface area contributed by atoms with E-state index in [2.05, 4.69) is 108 Å². The van der Waals surface area contributed by atoms with E-state index in [1.165, 1.54) is 46.2 Å². The third kappa shape index (κ3) is 5.63. The van der Waals surface area contributed by atoms with Gasteiger partial charge in [-0.2, -0.15) is 0 Å². The number of hydrogen-bond donors (Lipinski definition) is 1. The van der Waals surface area contributed by atoms with Crippen LogP contribution in [0.5, 0.6) is 0 Å². The Labute approximate surface area is 229 Å². The number of benzene rings is 3. The number of allylic oxidation sites excluding steroid dienone is 1. The summed E-state index contributed by atoms with van der Waals surface area (Å²) in [7, 11) is 1.96. The highest BCUT2D eigenvalue weighted by Gasteiger charge is 2.30. The molecule has 0 amide bonds. The van der Waals surface area contributed by atoms with Crippen molar-refractivity contribution in [1.82, 2.24) is 15.1 Å². The molecule has 38 heavy (non-hydrogen) atoms. The van der Waals surface area contributed by atoms with Gasteiger partial charge < -0.3 is 10.2 Å². The number of nitrogens with zero attached hydrogens (tertiary/aromatic N) is 2. The van der Waals surface area contributed by atoms with Crippen molar-refractivity contribution in [3.05, 3.63) is 127 Å². The van der Waals surface area contributed by atoms with Crippen LogP contribution in [0.2, 0.25) is 0 Å². The molecule has 3 aromatic rings. The van der Waals surface area contributed by atoms with Crippen LogP contribution in [-0.2, 0) is 13.1 Å². The fourth-order valence-corrected chi connectivity index (χ4v) is 6.09. The van der Waals surface area contributed by atoms with Gasteiger partial charge in [-0.25, -0.2) is 0 Å². The highest BCUT2D eigenvalue weighted by molar-refractivity contribution is 5.70.